The Kier molecular flexibility index (Phi) is 8.86. The molecule has 2 aliphatic rings. The number of nitro benzene ring substituents is 1. The number of anilines is 1. The van der Waals surface area contributed by atoms with E-state index in [4.69, 9.17) is 9.73 Å². The van der Waals surface area contributed by atoms with Gasteiger partial charge in [0.15, 0.2) is 5.17 Å². The Morgan fingerprint density at radius 3 is 2.55 bits per heavy atom. The Bertz CT molecular complexity index is 1470. The third-order valence-corrected chi connectivity index (χ3v) is 8.40. The minimum atomic E-state index is -0.425. The summed E-state index contributed by atoms with van der Waals surface area (Å²) in [6.45, 7) is 4.86. The topological polar surface area (TPSA) is 88.3 Å². The molecule has 0 aliphatic carbocycles. The summed E-state index contributed by atoms with van der Waals surface area (Å²) in [4.78, 5) is 33.2. The molecular formula is C30H29BrN4O4S. The Morgan fingerprint density at radius 1 is 1.07 bits per heavy atom. The lowest BCUT2D eigenvalue weighted by Gasteiger charge is -2.28. The van der Waals surface area contributed by atoms with Crippen LogP contribution in [0.4, 0.5) is 17.1 Å². The quantitative estimate of drug-likeness (QED) is 0.147. The molecule has 1 amide bonds. The number of likely N-dealkylation sites (N-methyl/N-ethyl adjacent to an activating group) is 1. The number of amidine groups is 1. The van der Waals surface area contributed by atoms with Crippen molar-refractivity contribution in [3.05, 3.63) is 97.3 Å². The molecule has 2 heterocycles. The van der Waals surface area contributed by atoms with E-state index in [2.05, 4.69) is 33.0 Å². The van der Waals surface area contributed by atoms with Crippen molar-refractivity contribution < 1.29 is 14.5 Å². The molecule has 8 nitrogen and oxygen atoms in total. The third kappa shape index (κ3) is 6.56. The molecule has 0 N–H and O–H groups in total. The minimum absolute atomic E-state index is 0.0272. The van der Waals surface area contributed by atoms with Crippen LogP contribution in [0.2, 0.25) is 0 Å². The van der Waals surface area contributed by atoms with Gasteiger partial charge in [-0.05, 0) is 107 Å². The average Bonchev–Trinajstić information content (AvgIpc) is 3.26. The number of carbonyl (C=O) groups excluding carboxylic acids is 1. The van der Waals surface area contributed by atoms with Crippen molar-refractivity contribution in [2.24, 2.45) is 4.99 Å². The summed E-state index contributed by atoms with van der Waals surface area (Å²) in [6, 6.07) is 20.2. The van der Waals surface area contributed by atoms with Gasteiger partial charge in [0.05, 0.1) is 20.0 Å². The molecule has 2 saturated heterocycles. The van der Waals surface area contributed by atoms with Gasteiger partial charge < -0.3 is 9.64 Å². The second-order valence-electron chi connectivity index (χ2n) is 9.52. The maximum Gasteiger partial charge on any atom is 0.269 e. The van der Waals surface area contributed by atoms with Gasteiger partial charge in [-0.3, -0.25) is 19.8 Å². The molecule has 2 fully saturated rings. The summed E-state index contributed by atoms with van der Waals surface area (Å²) >= 11 is 4.92. The zero-order valence-corrected chi connectivity index (χ0v) is 24.5. The fourth-order valence-corrected chi connectivity index (χ4v) is 6.24. The molecule has 206 valence electrons. The van der Waals surface area contributed by atoms with Gasteiger partial charge in [0.25, 0.3) is 11.6 Å². The average molecular weight is 622 g/mol. The maximum absolute atomic E-state index is 13.2. The number of amides is 1. The van der Waals surface area contributed by atoms with Crippen molar-refractivity contribution >= 4 is 61.9 Å². The second kappa shape index (κ2) is 12.7. The molecule has 0 spiro atoms. The van der Waals surface area contributed by atoms with Gasteiger partial charge in [0, 0.05) is 37.5 Å². The first-order chi connectivity index (χ1) is 19.4. The number of hydrogen-bond acceptors (Lipinski definition) is 7. The number of piperidine rings is 1. The van der Waals surface area contributed by atoms with Crippen LogP contribution in [0.25, 0.3) is 6.08 Å². The van der Waals surface area contributed by atoms with E-state index in [1.54, 1.807) is 17.0 Å². The van der Waals surface area contributed by atoms with E-state index in [1.807, 2.05) is 43.3 Å². The zero-order valence-electron chi connectivity index (χ0n) is 22.1. The van der Waals surface area contributed by atoms with E-state index in [9.17, 15) is 14.9 Å². The summed E-state index contributed by atoms with van der Waals surface area (Å²) < 4.78 is 6.60. The Hall–Kier alpha value is -3.63. The highest BCUT2D eigenvalue weighted by Gasteiger charge is 2.32. The summed E-state index contributed by atoms with van der Waals surface area (Å²) in [6.07, 6.45) is 5.62. The molecular weight excluding hydrogens is 592 g/mol. The van der Waals surface area contributed by atoms with Gasteiger partial charge in [0.1, 0.15) is 12.4 Å². The Labute approximate surface area is 246 Å². The number of halogens is 1. The van der Waals surface area contributed by atoms with Crippen LogP contribution in [-0.4, -0.2) is 40.5 Å². The molecule has 2 aliphatic heterocycles. The van der Waals surface area contributed by atoms with Gasteiger partial charge in [-0.25, -0.2) is 4.99 Å². The third-order valence-electron chi connectivity index (χ3n) is 6.77. The van der Waals surface area contributed by atoms with E-state index in [0.717, 1.165) is 28.8 Å². The van der Waals surface area contributed by atoms with Gasteiger partial charge >= 0.3 is 0 Å². The summed E-state index contributed by atoms with van der Waals surface area (Å²) in [7, 11) is 0. The molecule has 5 rings (SSSR count). The van der Waals surface area contributed by atoms with Crippen LogP contribution in [0.3, 0.4) is 0 Å². The molecule has 0 aromatic heterocycles. The highest BCUT2D eigenvalue weighted by molar-refractivity contribution is 9.10. The van der Waals surface area contributed by atoms with E-state index in [0.29, 0.717) is 27.9 Å². The standard InChI is InChI=1S/C30H29BrN4O4S/c1-2-34-29(36)28(40-30(34)32-23-10-12-24(13-11-23)33-15-4-3-5-16-33)19-21-9-14-27(26(31)18-21)39-20-22-7-6-8-25(17-22)35(37)38/h6-14,17-19H,2-5,15-16,20H2,1H3/b28-19-,32-30?. The summed E-state index contributed by atoms with van der Waals surface area (Å²) in [5.41, 5.74) is 3.61. The van der Waals surface area contributed by atoms with E-state index in [1.165, 1.54) is 48.8 Å². The summed E-state index contributed by atoms with van der Waals surface area (Å²) in [5, 5.41) is 11.7. The van der Waals surface area contributed by atoms with Crippen LogP contribution in [0.5, 0.6) is 5.75 Å². The van der Waals surface area contributed by atoms with E-state index >= 15 is 0 Å². The normalized spacial score (nSPS) is 17.6. The smallest absolute Gasteiger partial charge is 0.269 e. The number of carbonyl (C=O) groups is 1. The van der Waals surface area contributed by atoms with Crippen molar-refractivity contribution in [1.29, 1.82) is 0 Å². The Balaban J connectivity index is 1.28. The first-order valence-corrected chi connectivity index (χ1v) is 14.8. The van der Waals surface area contributed by atoms with Gasteiger partial charge in [-0.1, -0.05) is 18.2 Å². The lowest BCUT2D eigenvalue weighted by molar-refractivity contribution is -0.384. The fraction of sp³-hybridized carbons (Fsp3) is 0.267. The molecule has 40 heavy (non-hydrogen) atoms. The fourth-order valence-electron chi connectivity index (χ4n) is 4.67. The van der Waals surface area contributed by atoms with Crippen molar-refractivity contribution in [2.45, 2.75) is 32.8 Å². The highest BCUT2D eigenvalue weighted by atomic mass is 79.9. The first-order valence-electron chi connectivity index (χ1n) is 13.2. The number of hydrogen-bond donors (Lipinski definition) is 0. The minimum Gasteiger partial charge on any atom is -0.488 e. The Morgan fingerprint density at radius 2 is 1.85 bits per heavy atom. The van der Waals surface area contributed by atoms with Crippen LogP contribution in [0.1, 0.15) is 37.3 Å². The van der Waals surface area contributed by atoms with Crippen LogP contribution in [-0.2, 0) is 11.4 Å². The number of thioether (sulfide) groups is 1. The molecule has 0 unspecified atom stereocenters. The first kappa shape index (κ1) is 27.9. The zero-order chi connectivity index (χ0) is 28.1. The van der Waals surface area contributed by atoms with Crippen LogP contribution >= 0.6 is 27.7 Å². The number of aliphatic imine (C=N–C) groups is 1. The number of ether oxygens (including phenoxy) is 1. The number of nitro groups is 1. The van der Waals surface area contributed by atoms with Gasteiger partial charge in [0.2, 0.25) is 0 Å². The lowest BCUT2D eigenvalue weighted by atomic mass is 10.1. The number of rotatable bonds is 8. The van der Waals surface area contributed by atoms with Crippen molar-refractivity contribution in [1.82, 2.24) is 4.90 Å². The SMILES string of the molecule is CCN1C(=O)/C(=C/c2ccc(OCc3cccc([N+](=O)[O-])c3)c(Br)c2)SC1=Nc1ccc(N2CCCCC2)cc1. The molecule has 0 atom stereocenters. The number of non-ortho nitro benzene ring substituents is 1. The molecule has 0 radical (unpaired) electrons. The monoisotopic (exact) mass is 620 g/mol. The van der Waals surface area contributed by atoms with Crippen LogP contribution < -0.4 is 9.64 Å². The number of benzene rings is 3. The molecule has 0 bridgehead atoms. The molecule has 3 aromatic rings. The lowest BCUT2D eigenvalue weighted by Crippen LogP contribution is -2.29. The van der Waals surface area contributed by atoms with Crippen molar-refractivity contribution in [2.75, 3.05) is 24.5 Å². The predicted molar refractivity (Wildman–Crippen MR) is 164 cm³/mol. The molecule has 10 heteroatoms. The number of nitrogens with zero attached hydrogens (tertiary/aromatic N) is 4. The van der Waals surface area contributed by atoms with Crippen molar-refractivity contribution in [3.8, 4) is 5.75 Å². The van der Waals surface area contributed by atoms with E-state index in [-0.39, 0.29) is 18.2 Å². The second-order valence-corrected chi connectivity index (χ2v) is 11.4. The van der Waals surface area contributed by atoms with Crippen LogP contribution in [0, 0.1) is 10.1 Å². The van der Waals surface area contributed by atoms with Crippen molar-refractivity contribution in [3.63, 3.8) is 0 Å². The van der Waals surface area contributed by atoms with Crippen LogP contribution in [0.15, 0.2) is 81.1 Å². The van der Waals surface area contributed by atoms with Gasteiger partial charge in [-0.2, -0.15) is 0 Å². The maximum atomic E-state index is 13.2. The largest absolute Gasteiger partial charge is 0.488 e. The molecule has 0 saturated carbocycles. The molecule has 3 aromatic carbocycles. The predicted octanol–water partition coefficient (Wildman–Crippen LogP) is 7.55. The summed E-state index contributed by atoms with van der Waals surface area (Å²) in [5.74, 6) is 0.530. The highest BCUT2D eigenvalue weighted by Crippen LogP contribution is 2.36. The van der Waals surface area contributed by atoms with E-state index < -0.39 is 4.92 Å². The van der Waals surface area contributed by atoms with Gasteiger partial charge in [-0.15, -0.1) is 0 Å².